The van der Waals surface area contributed by atoms with E-state index in [2.05, 4.69) is 21.1 Å². The lowest BCUT2D eigenvalue weighted by Crippen LogP contribution is -2.17. The smallest absolute Gasteiger partial charge is 0.0951 e. The first-order valence-corrected chi connectivity index (χ1v) is 7.01. The number of imidazole rings is 1. The Labute approximate surface area is 95.7 Å². The molecule has 0 bridgehead atoms. The van der Waals surface area contributed by atoms with Gasteiger partial charge in [-0.3, -0.25) is 0 Å². The Morgan fingerprint density at radius 1 is 1.60 bits per heavy atom. The summed E-state index contributed by atoms with van der Waals surface area (Å²) in [5, 5.41) is 3.47. The molecule has 3 nitrogen and oxygen atoms in total. The van der Waals surface area contributed by atoms with Gasteiger partial charge in [0, 0.05) is 18.8 Å². The van der Waals surface area contributed by atoms with E-state index in [1.54, 1.807) is 0 Å². The molecule has 0 aliphatic heterocycles. The maximum atomic E-state index is 4.22. The number of nitrogens with zero attached hydrogens (tertiary/aromatic N) is 2. The summed E-state index contributed by atoms with van der Waals surface area (Å²) in [6.45, 7) is 2.07. The summed E-state index contributed by atoms with van der Waals surface area (Å²) in [6, 6.07) is 0.746. The van der Waals surface area contributed by atoms with Crippen LogP contribution in [0.3, 0.4) is 0 Å². The Balaban J connectivity index is 1.70. The third-order valence-electron chi connectivity index (χ3n) is 2.69. The maximum Gasteiger partial charge on any atom is 0.0951 e. The minimum Gasteiger partial charge on any atom is -0.330 e. The maximum absolute atomic E-state index is 4.22. The Morgan fingerprint density at radius 2 is 2.47 bits per heavy atom. The van der Waals surface area contributed by atoms with Crippen molar-refractivity contribution < 1.29 is 0 Å². The summed E-state index contributed by atoms with van der Waals surface area (Å²) in [5.74, 6) is 1.24. The molecule has 15 heavy (non-hydrogen) atoms. The van der Waals surface area contributed by atoms with E-state index in [0.29, 0.717) is 0 Å². The SMILES string of the molecule is CSCCCNCc1cncn1C1CC1. The molecule has 1 N–H and O–H groups in total. The molecule has 1 aliphatic carbocycles. The molecule has 1 heterocycles. The van der Waals surface area contributed by atoms with Crippen LogP contribution >= 0.6 is 11.8 Å². The normalized spacial score (nSPS) is 15.8. The van der Waals surface area contributed by atoms with Crippen LogP contribution in [0, 0.1) is 0 Å². The molecule has 0 radical (unpaired) electrons. The van der Waals surface area contributed by atoms with Crippen molar-refractivity contribution in [1.82, 2.24) is 14.9 Å². The Bertz CT molecular complexity index is 294. The largest absolute Gasteiger partial charge is 0.330 e. The van der Waals surface area contributed by atoms with Crippen LogP contribution < -0.4 is 5.32 Å². The van der Waals surface area contributed by atoms with E-state index >= 15 is 0 Å². The number of aromatic nitrogens is 2. The predicted molar refractivity (Wildman–Crippen MR) is 65.2 cm³/mol. The second kappa shape index (κ2) is 5.56. The number of thioether (sulfide) groups is 1. The molecule has 1 aromatic rings. The first kappa shape index (κ1) is 11.0. The van der Waals surface area contributed by atoms with Gasteiger partial charge in [0.15, 0.2) is 0 Å². The van der Waals surface area contributed by atoms with Crippen molar-refractivity contribution in [2.75, 3.05) is 18.6 Å². The van der Waals surface area contributed by atoms with E-state index in [-0.39, 0.29) is 0 Å². The molecule has 1 aliphatic rings. The molecular formula is C11H19N3S. The zero-order chi connectivity index (χ0) is 10.5. The molecule has 1 saturated carbocycles. The topological polar surface area (TPSA) is 29.9 Å². The van der Waals surface area contributed by atoms with Gasteiger partial charge < -0.3 is 9.88 Å². The van der Waals surface area contributed by atoms with Crippen LogP contribution in [0.2, 0.25) is 0 Å². The summed E-state index contributed by atoms with van der Waals surface area (Å²) in [6.07, 6.45) is 10.0. The van der Waals surface area contributed by atoms with Crippen LogP contribution in [-0.4, -0.2) is 28.1 Å². The van der Waals surface area contributed by atoms with Crippen molar-refractivity contribution in [1.29, 1.82) is 0 Å². The standard InChI is InChI=1S/C11H19N3S/c1-15-6-2-5-12-7-11-8-13-9-14(11)10-3-4-10/h8-10,12H,2-7H2,1H3. The third kappa shape index (κ3) is 3.24. The average Bonchev–Trinajstić information content (AvgIpc) is 2.99. The van der Waals surface area contributed by atoms with Gasteiger partial charge in [-0.25, -0.2) is 4.98 Å². The van der Waals surface area contributed by atoms with Gasteiger partial charge in [-0.05, 0) is 37.8 Å². The lowest BCUT2D eigenvalue weighted by molar-refractivity contribution is 0.617. The Morgan fingerprint density at radius 3 is 3.20 bits per heavy atom. The van der Waals surface area contributed by atoms with Gasteiger partial charge >= 0.3 is 0 Å². The minimum absolute atomic E-state index is 0.746. The quantitative estimate of drug-likeness (QED) is 0.720. The van der Waals surface area contributed by atoms with Gasteiger partial charge in [0.2, 0.25) is 0 Å². The van der Waals surface area contributed by atoms with E-state index in [9.17, 15) is 0 Å². The van der Waals surface area contributed by atoms with Crippen molar-refractivity contribution in [2.45, 2.75) is 31.8 Å². The fourth-order valence-electron chi connectivity index (χ4n) is 1.71. The molecule has 0 atom stereocenters. The van der Waals surface area contributed by atoms with Gasteiger partial charge in [0.05, 0.1) is 12.0 Å². The van der Waals surface area contributed by atoms with E-state index < -0.39 is 0 Å². The molecule has 0 spiro atoms. The fourth-order valence-corrected chi connectivity index (χ4v) is 2.14. The Hall–Kier alpha value is -0.480. The van der Waals surface area contributed by atoms with Crippen molar-refractivity contribution in [3.05, 3.63) is 18.2 Å². The highest BCUT2D eigenvalue weighted by molar-refractivity contribution is 7.98. The molecule has 0 amide bonds. The van der Waals surface area contributed by atoms with E-state index in [1.165, 1.54) is 30.7 Å². The highest BCUT2D eigenvalue weighted by Crippen LogP contribution is 2.35. The highest BCUT2D eigenvalue weighted by Gasteiger charge is 2.24. The summed E-state index contributed by atoms with van der Waals surface area (Å²) < 4.78 is 2.32. The molecule has 0 aromatic carbocycles. The van der Waals surface area contributed by atoms with Crippen molar-refractivity contribution in [2.24, 2.45) is 0 Å². The van der Waals surface area contributed by atoms with Crippen LogP contribution in [0.4, 0.5) is 0 Å². The van der Waals surface area contributed by atoms with E-state index in [0.717, 1.165) is 19.1 Å². The average molecular weight is 225 g/mol. The summed E-state index contributed by atoms with van der Waals surface area (Å²) in [7, 11) is 0. The van der Waals surface area contributed by atoms with Gasteiger partial charge in [0.25, 0.3) is 0 Å². The molecule has 1 fully saturated rings. The zero-order valence-corrected chi connectivity index (χ0v) is 10.1. The van der Waals surface area contributed by atoms with E-state index in [4.69, 9.17) is 0 Å². The molecular weight excluding hydrogens is 206 g/mol. The van der Waals surface area contributed by atoms with Gasteiger partial charge in [0.1, 0.15) is 0 Å². The van der Waals surface area contributed by atoms with Crippen LogP contribution in [0.15, 0.2) is 12.5 Å². The summed E-state index contributed by atoms with van der Waals surface area (Å²) in [5.41, 5.74) is 1.33. The molecule has 84 valence electrons. The number of nitrogens with one attached hydrogen (secondary N) is 1. The Kier molecular flexibility index (Phi) is 4.09. The summed E-state index contributed by atoms with van der Waals surface area (Å²) in [4.78, 5) is 4.22. The zero-order valence-electron chi connectivity index (χ0n) is 9.28. The predicted octanol–water partition coefficient (Wildman–Crippen LogP) is 2.06. The first-order chi connectivity index (χ1) is 7.42. The minimum atomic E-state index is 0.746. The van der Waals surface area contributed by atoms with Crippen LogP contribution in [0.25, 0.3) is 0 Å². The van der Waals surface area contributed by atoms with E-state index in [1.807, 2.05) is 24.3 Å². The molecule has 1 aromatic heterocycles. The van der Waals surface area contributed by atoms with Crippen LogP contribution in [0.5, 0.6) is 0 Å². The lowest BCUT2D eigenvalue weighted by Gasteiger charge is -2.07. The van der Waals surface area contributed by atoms with Crippen molar-refractivity contribution in [3.63, 3.8) is 0 Å². The van der Waals surface area contributed by atoms with Gasteiger partial charge in [-0.1, -0.05) is 0 Å². The van der Waals surface area contributed by atoms with Gasteiger partial charge in [-0.15, -0.1) is 0 Å². The number of hydrogen-bond donors (Lipinski definition) is 1. The number of rotatable bonds is 7. The van der Waals surface area contributed by atoms with Crippen LogP contribution in [0.1, 0.15) is 31.0 Å². The second-order valence-corrected chi connectivity index (χ2v) is 5.03. The van der Waals surface area contributed by atoms with Crippen molar-refractivity contribution >= 4 is 11.8 Å². The van der Waals surface area contributed by atoms with Crippen molar-refractivity contribution in [3.8, 4) is 0 Å². The van der Waals surface area contributed by atoms with Crippen LogP contribution in [-0.2, 0) is 6.54 Å². The first-order valence-electron chi connectivity index (χ1n) is 5.62. The third-order valence-corrected chi connectivity index (χ3v) is 3.39. The molecule has 0 unspecified atom stereocenters. The second-order valence-electron chi connectivity index (χ2n) is 4.05. The monoisotopic (exact) mass is 225 g/mol. The lowest BCUT2D eigenvalue weighted by atomic mass is 10.4. The number of hydrogen-bond acceptors (Lipinski definition) is 3. The molecule has 4 heteroatoms. The molecule has 0 saturated heterocycles. The molecule has 2 rings (SSSR count). The van der Waals surface area contributed by atoms with Gasteiger partial charge in [-0.2, -0.15) is 11.8 Å². The summed E-state index contributed by atoms with van der Waals surface area (Å²) >= 11 is 1.91. The highest BCUT2D eigenvalue weighted by atomic mass is 32.2. The fraction of sp³-hybridized carbons (Fsp3) is 0.727.